The zero-order chi connectivity index (χ0) is 15.2. The fourth-order valence-corrected chi connectivity index (χ4v) is 3.45. The summed E-state index contributed by atoms with van der Waals surface area (Å²) in [4.78, 5) is 6.05. The summed E-state index contributed by atoms with van der Waals surface area (Å²) in [6.45, 7) is 10.7. The Balaban J connectivity index is 2.12. The van der Waals surface area contributed by atoms with Crippen molar-refractivity contribution in [2.45, 2.75) is 46.5 Å². The molecule has 0 radical (unpaired) electrons. The summed E-state index contributed by atoms with van der Waals surface area (Å²) in [5.41, 5.74) is 3.91. The Morgan fingerprint density at radius 1 is 1.14 bits per heavy atom. The van der Waals surface area contributed by atoms with E-state index in [1.165, 1.54) is 33.1 Å². The molecule has 0 aliphatic carbocycles. The number of benzene rings is 1. The van der Waals surface area contributed by atoms with Crippen LogP contribution in [0.3, 0.4) is 0 Å². The van der Waals surface area contributed by atoms with Crippen LogP contribution < -0.4 is 5.32 Å². The molecule has 1 heterocycles. The second-order valence-electron chi connectivity index (χ2n) is 5.77. The van der Waals surface area contributed by atoms with Gasteiger partial charge in [0.25, 0.3) is 0 Å². The second-order valence-corrected chi connectivity index (χ2v) is 7.05. The highest BCUT2D eigenvalue weighted by Gasteiger charge is 2.15. The van der Waals surface area contributed by atoms with Gasteiger partial charge >= 0.3 is 0 Å². The molecular weight excluding hydrogens is 276 g/mol. The molecule has 0 bridgehead atoms. The van der Waals surface area contributed by atoms with Gasteiger partial charge in [-0.05, 0) is 39.3 Å². The largest absolute Gasteiger partial charge is 0.316 e. The van der Waals surface area contributed by atoms with Crippen LogP contribution in [0, 0.1) is 20.8 Å². The Morgan fingerprint density at radius 3 is 2.43 bits per heavy atom. The summed E-state index contributed by atoms with van der Waals surface area (Å²) in [7, 11) is 0. The van der Waals surface area contributed by atoms with E-state index in [0.717, 1.165) is 19.5 Å². The number of aromatic nitrogens is 1. The Labute approximate surface area is 132 Å². The number of nitrogens with zero attached hydrogens (tertiary/aromatic N) is 1. The molecule has 1 aromatic heterocycles. The Bertz CT molecular complexity index is 538. The first-order valence-corrected chi connectivity index (χ1v) is 8.62. The molecule has 21 heavy (non-hydrogen) atoms. The van der Waals surface area contributed by atoms with Crippen molar-refractivity contribution >= 4 is 11.3 Å². The predicted octanol–water partition coefficient (Wildman–Crippen LogP) is 4.39. The zero-order valence-corrected chi connectivity index (χ0v) is 14.4. The molecule has 0 aliphatic rings. The Morgan fingerprint density at radius 2 is 1.86 bits per heavy atom. The Hall–Kier alpha value is -1.19. The molecule has 3 heteroatoms. The molecule has 1 N–H and O–H groups in total. The smallest absolute Gasteiger partial charge is 0.0937 e. The lowest BCUT2D eigenvalue weighted by Gasteiger charge is -2.17. The average Bonchev–Trinajstić information content (AvgIpc) is 2.77. The molecular formula is C18H26N2S. The van der Waals surface area contributed by atoms with E-state index >= 15 is 0 Å². The van der Waals surface area contributed by atoms with Crippen LogP contribution in [0.5, 0.6) is 0 Å². The van der Waals surface area contributed by atoms with Crippen LogP contribution in [0.15, 0.2) is 24.3 Å². The van der Waals surface area contributed by atoms with Crippen molar-refractivity contribution in [1.29, 1.82) is 0 Å². The third-order valence-corrected chi connectivity index (χ3v) is 4.96. The lowest BCUT2D eigenvalue weighted by molar-refractivity contribution is 0.575. The van der Waals surface area contributed by atoms with Gasteiger partial charge < -0.3 is 5.32 Å². The highest BCUT2D eigenvalue weighted by molar-refractivity contribution is 7.11. The van der Waals surface area contributed by atoms with Gasteiger partial charge in [-0.1, -0.05) is 36.8 Å². The van der Waals surface area contributed by atoms with Gasteiger partial charge in [0.15, 0.2) is 0 Å². The number of nitrogens with one attached hydrogen (secondary N) is 1. The summed E-state index contributed by atoms with van der Waals surface area (Å²) in [5, 5.41) is 4.82. The molecule has 1 atom stereocenters. The van der Waals surface area contributed by atoms with Crippen molar-refractivity contribution < 1.29 is 0 Å². The fraction of sp³-hybridized carbons (Fsp3) is 0.500. The molecule has 0 saturated heterocycles. The van der Waals surface area contributed by atoms with Crippen LogP contribution in [0.1, 0.15) is 46.0 Å². The van der Waals surface area contributed by atoms with Crippen LogP contribution in [-0.2, 0) is 6.42 Å². The first kappa shape index (κ1) is 16.2. The van der Waals surface area contributed by atoms with Crippen molar-refractivity contribution in [2.24, 2.45) is 0 Å². The normalized spacial score (nSPS) is 12.6. The van der Waals surface area contributed by atoms with Gasteiger partial charge in [-0.2, -0.15) is 0 Å². The van der Waals surface area contributed by atoms with Gasteiger partial charge in [0.05, 0.1) is 10.7 Å². The molecule has 0 aliphatic heterocycles. The van der Waals surface area contributed by atoms with E-state index in [4.69, 9.17) is 4.98 Å². The minimum Gasteiger partial charge on any atom is -0.316 e. The standard InChI is InChI=1S/C18H26N2S/c1-5-10-19-12-17(16-8-6-13(2)7-9-16)11-18-20-14(3)15(4)21-18/h6-9,17,19H,5,10-12H2,1-4H3. The third-order valence-electron chi connectivity index (χ3n) is 3.86. The third kappa shape index (κ3) is 4.65. The summed E-state index contributed by atoms with van der Waals surface area (Å²) in [6, 6.07) is 8.95. The molecule has 0 amide bonds. The first-order valence-electron chi connectivity index (χ1n) is 7.80. The lowest BCUT2D eigenvalue weighted by atomic mass is 9.95. The van der Waals surface area contributed by atoms with Crippen LogP contribution in [0.4, 0.5) is 0 Å². The topological polar surface area (TPSA) is 24.9 Å². The van der Waals surface area contributed by atoms with Crippen molar-refractivity contribution in [3.63, 3.8) is 0 Å². The van der Waals surface area contributed by atoms with E-state index < -0.39 is 0 Å². The van der Waals surface area contributed by atoms with Crippen LogP contribution in [-0.4, -0.2) is 18.1 Å². The second kappa shape index (κ2) is 7.71. The number of rotatable bonds is 7. The number of thiazole rings is 1. The molecule has 0 saturated carbocycles. The lowest BCUT2D eigenvalue weighted by Crippen LogP contribution is -2.23. The van der Waals surface area contributed by atoms with Gasteiger partial charge in [0.1, 0.15) is 0 Å². The molecule has 2 rings (SSSR count). The molecule has 2 aromatic rings. The maximum atomic E-state index is 4.71. The molecule has 0 spiro atoms. The Kier molecular flexibility index (Phi) is 5.95. The van der Waals surface area contributed by atoms with Gasteiger partial charge in [-0.15, -0.1) is 11.3 Å². The van der Waals surface area contributed by atoms with Crippen molar-refractivity contribution in [3.05, 3.63) is 51.0 Å². The van der Waals surface area contributed by atoms with Gasteiger partial charge in [-0.3, -0.25) is 0 Å². The van der Waals surface area contributed by atoms with Gasteiger partial charge in [0.2, 0.25) is 0 Å². The number of aryl methyl sites for hydroxylation is 3. The quantitative estimate of drug-likeness (QED) is 0.767. The SMILES string of the molecule is CCCNCC(Cc1nc(C)c(C)s1)c1ccc(C)cc1. The van der Waals surface area contributed by atoms with E-state index in [9.17, 15) is 0 Å². The van der Waals surface area contributed by atoms with Gasteiger partial charge in [-0.25, -0.2) is 4.98 Å². The monoisotopic (exact) mass is 302 g/mol. The highest BCUT2D eigenvalue weighted by Crippen LogP contribution is 2.25. The van der Waals surface area contributed by atoms with E-state index in [2.05, 4.69) is 57.3 Å². The van der Waals surface area contributed by atoms with E-state index in [0.29, 0.717) is 5.92 Å². The molecule has 1 unspecified atom stereocenters. The van der Waals surface area contributed by atoms with Crippen molar-refractivity contribution in [3.8, 4) is 0 Å². The summed E-state index contributed by atoms with van der Waals surface area (Å²) in [6.07, 6.45) is 2.20. The fourth-order valence-electron chi connectivity index (χ4n) is 2.44. The van der Waals surface area contributed by atoms with Crippen LogP contribution in [0.2, 0.25) is 0 Å². The van der Waals surface area contributed by atoms with Gasteiger partial charge in [0, 0.05) is 23.8 Å². The van der Waals surface area contributed by atoms with E-state index in [1.807, 2.05) is 11.3 Å². The van der Waals surface area contributed by atoms with Crippen LogP contribution in [0.25, 0.3) is 0 Å². The average molecular weight is 302 g/mol. The molecule has 114 valence electrons. The number of hydrogen-bond acceptors (Lipinski definition) is 3. The maximum absolute atomic E-state index is 4.71. The molecule has 1 aromatic carbocycles. The van der Waals surface area contributed by atoms with Crippen molar-refractivity contribution in [2.75, 3.05) is 13.1 Å². The highest BCUT2D eigenvalue weighted by atomic mass is 32.1. The molecule has 0 fully saturated rings. The van der Waals surface area contributed by atoms with Crippen LogP contribution >= 0.6 is 11.3 Å². The minimum absolute atomic E-state index is 0.502. The van der Waals surface area contributed by atoms with E-state index in [1.54, 1.807) is 0 Å². The van der Waals surface area contributed by atoms with E-state index in [-0.39, 0.29) is 0 Å². The molecule has 2 nitrogen and oxygen atoms in total. The predicted molar refractivity (Wildman–Crippen MR) is 92.4 cm³/mol. The number of hydrogen-bond donors (Lipinski definition) is 1. The summed E-state index contributed by atoms with van der Waals surface area (Å²) >= 11 is 1.84. The summed E-state index contributed by atoms with van der Waals surface area (Å²) in [5.74, 6) is 0.502. The minimum atomic E-state index is 0.502. The van der Waals surface area contributed by atoms with Crippen molar-refractivity contribution in [1.82, 2.24) is 10.3 Å². The summed E-state index contributed by atoms with van der Waals surface area (Å²) < 4.78 is 0. The zero-order valence-electron chi connectivity index (χ0n) is 13.6. The first-order chi connectivity index (χ1) is 10.1. The maximum Gasteiger partial charge on any atom is 0.0937 e.